The lowest BCUT2D eigenvalue weighted by Crippen LogP contribution is -2.10. The van der Waals surface area contributed by atoms with Gasteiger partial charge in [0.1, 0.15) is 0 Å². The van der Waals surface area contributed by atoms with Crippen LogP contribution in [0.1, 0.15) is 32.2 Å². The number of nitrogen functional groups attached to an aromatic ring is 1. The molecule has 0 amide bonds. The Kier molecular flexibility index (Phi) is 3.14. The minimum Gasteiger partial charge on any atom is -0.397 e. The summed E-state index contributed by atoms with van der Waals surface area (Å²) in [6.45, 7) is 2.26. The van der Waals surface area contributed by atoms with E-state index < -0.39 is 0 Å². The highest BCUT2D eigenvalue weighted by molar-refractivity contribution is 6.33. The molecule has 0 radical (unpaired) electrons. The number of aromatic nitrogens is 4. The standard InChI is InChI=1S/C13H16ClN5/c1-8-5-6-9(7-8)19-13(16-17-18-19)10-3-2-4-11(14)12(10)15/h2-4,8-9H,5-7,15H2,1H3. The molecule has 6 heteroatoms. The van der Waals surface area contributed by atoms with Crippen LogP contribution in [0.15, 0.2) is 18.2 Å². The summed E-state index contributed by atoms with van der Waals surface area (Å²) in [7, 11) is 0. The van der Waals surface area contributed by atoms with Crippen molar-refractivity contribution >= 4 is 17.3 Å². The van der Waals surface area contributed by atoms with Crippen LogP contribution in [-0.2, 0) is 0 Å². The molecule has 0 bridgehead atoms. The number of tetrazole rings is 1. The number of halogens is 1. The van der Waals surface area contributed by atoms with Crippen molar-refractivity contribution in [3.8, 4) is 11.4 Å². The smallest absolute Gasteiger partial charge is 0.184 e. The molecule has 2 N–H and O–H groups in total. The summed E-state index contributed by atoms with van der Waals surface area (Å²) in [4.78, 5) is 0. The van der Waals surface area contributed by atoms with Gasteiger partial charge in [0, 0.05) is 5.56 Å². The summed E-state index contributed by atoms with van der Waals surface area (Å²) >= 11 is 6.06. The van der Waals surface area contributed by atoms with Gasteiger partial charge in [-0.05, 0) is 47.7 Å². The maximum absolute atomic E-state index is 6.06. The molecule has 0 saturated heterocycles. The van der Waals surface area contributed by atoms with Gasteiger partial charge in [0.2, 0.25) is 0 Å². The molecule has 2 aromatic rings. The molecule has 5 nitrogen and oxygen atoms in total. The highest BCUT2D eigenvalue weighted by atomic mass is 35.5. The van der Waals surface area contributed by atoms with E-state index in [1.165, 1.54) is 6.42 Å². The molecular formula is C13H16ClN5. The third kappa shape index (κ3) is 2.18. The van der Waals surface area contributed by atoms with Crippen molar-refractivity contribution in [3.63, 3.8) is 0 Å². The van der Waals surface area contributed by atoms with Crippen molar-refractivity contribution in [3.05, 3.63) is 23.2 Å². The molecule has 1 fully saturated rings. The van der Waals surface area contributed by atoms with Crippen molar-refractivity contribution in [1.29, 1.82) is 0 Å². The van der Waals surface area contributed by atoms with Crippen molar-refractivity contribution in [2.24, 2.45) is 5.92 Å². The number of rotatable bonds is 2. The predicted octanol–water partition coefficient (Wildman–Crippen LogP) is 2.94. The number of anilines is 1. The molecule has 100 valence electrons. The van der Waals surface area contributed by atoms with Gasteiger partial charge in [-0.3, -0.25) is 0 Å². The quantitative estimate of drug-likeness (QED) is 0.857. The topological polar surface area (TPSA) is 69.6 Å². The van der Waals surface area contributed by atoms with Crippen LogP contribution in [0.5, 0.6) is 0 Å². The fraction of sp³-hybridized carbons (Fsp3) is 0.462. The number of para-hydroxylation sites is 1. The highest BCUT2D eigenvalue weighted by Crippen LogP contribution is 2.37. The molecule has 19 heavy (non-hydrogen) atoms. The van der Waals surface area contributed by atoms with E-state index in [0.29, 0.717) is 22.6 Å². The first-order chi connectivity index (χ1) is 9.16. The normalized spacial score (nSPS) is 22.8. The molecule has 1 aliphatic rings. The minimum absolute atomic E-state index is 0.360. The molecule has 1 aliphatic carbocycles. The van der Waals surface area contributed by atoms with Crippen LogP contribution < -0.4 is 5.73 Å². The molecule has 2 atom stereocenters. The van der Waals surface area contributed by atoms with Gasteiger partial charge in [0.15, 0.2) is 5.82 Å². The molecule has 0 aliphatic heterocycles. The van der Waals surface area contributed by atoms with Gasteiger partial charge in [-0.15, -0.1) is 5.10 Å². The van der Waals surface area contributed by atoms with Gasteiger partial charge < -0.3 is 5.73 Å². The fourth-order valence-electron chi connectivity index (χ4n) is 2.75. The second kappa shape index (κ2) is 4.81. The predicted molar refractivity (Wildman–Crippen MR) is 74.7 cm³/mol. The molecule has 1 aromatic heterocycles. The summed E-state index contributed by atoms with van der Waals surface area (Å²) in [5.74, 6) is 1.43. The van der Waals surface area contributed by atoms with E-state index in [2.05, 4.69) is 22.4 Å². The Morgan fingerprint density at radius 3 is 2.95 bits per heavy atom. The lowest BCUT2D eigenvalue weighted by molar-refractivity contribution is 0.443. The van der Waals surface area contributed by atoms with E-state index in [4.69, 9.17) is 17.3 Å². The molecule has 3 rings (SSSR count). The van der Waals surface area contributed by atoms with Gasteiger partial charge in [0.25, 0.3) is 0 Å². The SMILES string of the molecule is CC1CCC(n2nnnc2-c2cccc(Cl)c2N)C1. The average Bonchev–Trinajstić information content (AvgIpc) is 3.01. The molecule has 2 unspecified atom stereocenters. The third-order valence-electron chi connectivity index (χ3n) is 3.80. The number of hydrogen-bond donors (Lipinski definition) is 1. The van der Waals surface area contributed by atoms with Gasteiger partial charge in [-0.25, -0.2) is 4.68 Å². The number of hydrogen-bond acceptors (Lipinski definition) is 4. The maximum Gasteiger partial charge on any atom is 0.184 e. The Bertz CT molecular complexity index is 594. The van der Waals surface area contributed by atoms with E-state index in [1.54, 1.807) is 6.07 Å². The lowest BCUT2D eigenvalue weighted by Gasteiger charge is -2.13. The van der Waals surface area contributed by atoms with E-state index in [0.717, 1.165) is 24.3 Å². The van der Waals surface area contributed by atoms with Crippen LogP contribution in [0.2, 0.25) is 5.02 Å². The minimum atomic E-state index is 0.360. The fourth-order valence-corrected chi connectivity index (χ4v) is 2.92. The van der Waals surface area contributed by atoms with Gasteiger partial charge in [0.05, 0.1) is 16.8 Å². The lowest BCUT2D eigenvalue weighted by atomic mass is 10.1. The van der Waals surface area contributed by atoms with E-state index in [1.807, 2.05) is 16.8 Å². The maximum atomic E-state index is 6.06. The Balaban J connectivity index is 2.02. The second-order valence-corrected chi connectivity index (χ2v) is 5.63. The van der Waals surface area contributed by atoms with E-state index in [-0.39, 0.29) is 0 Å². The van der Waals surface area contributed by atoms with Gasteiger partial charge >= 0.3 is 0 Å². The van der Waals surface area contributed by atoms with Crippen LogP contribution in [0.25, 0.3) is 11.4 Å². The number of benzene rings is 1. The van der Waals surface area contributed by atoms with Crippen LogP contribution in [0.4, 0.5) is 5.69 Å². The Morgan fingerprint density at radius 1 is 1.37 bits per heavy atom. The van der Waals surface area contributed by atoms with Crippen molar-refractivity contribution in [1.82, 2.24) is 20.2 Å². The Labute approximate surface area is 116 Å². The summed E-state index contributed by atoms with van der Waals surface area (Å²) in [5.41, 5.74) is 7.36. The number of nitrogens with two attached hydrogens (primary N) is 1. The first-order valence-corrected chi connectivity index (χ1v) is 6.87. The van der Waals surface area contributed by atoms with Crippen LogP contribution >= 0.6 is 11.6 Å². The zero-order chi connectivity index (χ0) is 13.4. The van der Waals surface area contributed by atoms with Crippen LogP contribution in [-0.4, -0.2) is 20.2 Å². The second-order valence-electron chi connectivity index (χ2n) is 5.22. The van der Waals surface area contributed by atoms with Crippen molar-refractivity contribution < 1.29 is 0 Å². The van der Waals surface area contributed by atoms with Crippen LogP contribution in [0, 0.1) is 5.92 Å². The third-order valence-corrected chi connectivity index (χ3v) is 4.13. The highest BCUT2D eigenvalue weighted by Gasteiger charge is 2.27. The Morgan fingerprint density at radius 2 is 2.21 bits per heavy atom. The molecule has 0 spiro atoms. The first kappa shape index (κ1) is 12.4. The van der Waals surface area contributed by atoms with Gasteiger partial charge in [-0.2, -0.15) is 0 Å². The van der Waals surface area contributed by atoms with E-state index >= 15 is 0 Å². The summed E-state index contributed by atoms with van der Waals surface area (Å²) in [6.07, 6.45) is 3.44. The molecule has 1 heterocycles. The summed E-state index contributed by atoms with van der Waals surface area (Å²) < 4.78 is 1.89. The summed E-state index contributed by atoms with van der Waals surface area (Å²) in [5, 5.41) is 12.6. The van der Waals surface area contributed by atoms with Crippen molar-refractivity contribution in [2.45, 2.75) is 32.2 Å². The number of nitrogens with zero attached hydrogens (tertiary/aromatic N) is 4. The summed E-state index contributed by atoms with van der Waals surface area (Å²) in [6, 6.07) is 5.90. The monoisotopic (exact) mass is 277 g/mol. The molecular weight excluding hydrogens is 262 g/mol. The zero-order valence-electron chi connectivity index (χ0n) is 10.8. The largest absolute Gasteiger partial charge is 0.397 e. The molecule has 1 aromatic carbocycles. The first-order valence-electron chi connectivity index (χ1n) is 6.49. The molecule has 1 saturated carbocycles. The Hall–Kier alpha value is -1.62. The zero-order valence-corrected chi connectivity index (χ0v) is 11.5. The van der Waals surface area contributed by atoms with E-state index in [9.17, 15) is 0 Å². The van der Waals surface area contributed by atoms with Crippen molar-refractivity contribution in [2.75, 3.05) is 5.73 Å². The van der Waals surface area contributed by atoms with Gasteiger partial charge in [-0.1, -0.05) is 24.6 Å². The van der Waals surface area contributed by atoms with Crippen LogP contribution in [0.3, 0.4) is 0 Å². The average molecular weight is 278 g/mol.